The second-order valence-electron chi connectivity index (χ2n) is 6.29. The van der Waals surface area contributed by atoms with Crippen LogP contribution in [0.25, 0.3) is 16.2 Å². The van der Waals surface area contributed by atoms with Crippen LogP contribution in [-0.2, 0) is 11.2 Å². The summed E-state index contributed by atoms with van der Waals surface area (Å²) in [5.41, 5.74) is 2.88. The van der Waals surface area contributed by atoms with E-state index >= 15 is 0 Å². The van der Waals surface area contributed by atoms with Crippen LogP contribution in [0.1, 0.15) is 26.0 Å². The molecule has 132 valence electrons. The van der Waals surface area contributed by atoms with E-state index in [9.17, 15) is 9.90 Å². The first-order chi connectivity index (χ1) is 12.1. The number of hydrogen-bond acceptors (Lipinski definition) is 4. The first-order valence-electron chi connectivity index (χ1n) is 8.53. The van der Waals surface area contributed by atoms with E-state index in [-0.39, 0.29) is 30.9 Å². The van der Waals surface area contributed by atoms with E-state index in [1.807, 2.05) is 53.2 Å². The van der Waals surface area contributed by atoms with Crippen molar-refractivity contribution in [1.29, 1.82) is 0 Å². The van der Waals surface area contributed by atoms with Crippen LogP contribution in [0.2, 0.25) is 0 Å². The number of thiazole rings is 1. The van der Waals surface area contributed by atoms with Crippen LogP contribution >= 0.6 is 11.3 Å². The smallest absolute Gasteiger partial charge is 0.226 e. The minimum atomic E-state index is -0.200. The van der Waals surface area contributed by atoms with Gasteiger partial charge in [-0.3, -0.25) is 9.20 Å². The number of aliphatic hydroxyl groups excluding tert-OH is 1. The molecular formula is C19H23N3O2S. The van der Waals surface area contributed by atoms with Crippen molar-refractivity contribution in [3.63, 3.8) is 0 Å². The molecule has 0 aliphatic heterocycles. The average molecular weight is 357 g/mol. The van der Waals surface area contributed by atoms with E-state index in [2.05, 4.69) is 17.2 Å². The lowest BCUT2D eigenvalue weighted by Crippen LogP contribution is -2.42. The number of imidazole rings is 1. The van der Waals surface area contributed by atoms with E-state index in [4.69, 9.17) is 0 Å². The van der Waals surface area contributed by atoms with Crippen molar-refractivity contribution in [2.75, 3.05) is 6.61 Å². The molecule has 0 bridgehead atoms. The van der Waals surface area contributed by atoms with Gasteiger partial charge in [0, 0.05) is 22.8 Å². The van der Waals surface area contributed by atoms with Gasteiger partial charge in [-0.05, 0) is 5.92 Å². The van der Waals surface area contributed by atoms with E-state index in [0.717, 1.165) is 28.3 Å². The summed E-state index contributed by atoms with van der Waals surface area (Å²) in [5.74, 6) is 0.170. The van der Waals surface area contributed by atoms with Gasteiger partial charge in [0.1, 0.15) is 0 Å². The van der Waals surface area contributed by atoms with Crippen molar-refractivity contribution < 1.29 is 9.90 Å². The molecule has 6 heteroatoms. The highest BCUT2D eigenvalue weighted by molar-refractivity contribution is 7.15. The van der Waals surface area contributed by atoms with Crippen LogP contribution in [0.15, 0.2) is 41.9 Å². The lowest BCUT2D eigenvalue weighted by molar-refractivity contribution is -0.121. The molecule has 0 saturated carbocycles. The zero-order valence-corrected chi connectivity index (χ0v) is 15.3. The summed E-state index contributed by atoms with van der Waals surface area (Å²) in [7, 11) is 0. The van der Waals surface area contributed by atoms with Crippen LogP contribution in [0, 0.1) is 5.92 Å². The highest BCUT2D eigenvalue weighted by Gasteiger charge is 2.19. The number of benzene rings is 1. The van der Waals surface area contributed by atoms with E-state index in [0.29, 0.717) is 0 Å². The number of nitrogens with zero attached hydrogens (tertiary/aromatic N) is 2. The van der Waals surface area contributed by atoms with Crippen molar-refractivity contribution >= 4 is 22.2 Å². The minimum absolute atomic E-state index is 0.0387. The van der Waals surface area contributed by atoms with Gasteiger partial charge in [0.2, 0.25) is 5.91 Å². The molecule has 0 unspecified atom stereocenters. The third kappa shape index (κ3) is 3.91. The van der Waals surface area contributed by atoms with Crippen molar-refractivity contribution in [3.8, 4) is 11.3 Å². The second-order valence-corrected chi connectivity index (χ2v) is 7.13. The summed E-state index contributed by atoms with van der Waals surface area (Å²) in [6.45, 7) is 4.05. The number of nitrogens with one attached hydrogen (secondary N) is 1. The molecule has 1 amide bonds. The molecule has 2 atom stereocenters. The van der Waals surface area contributed by atoms with Gasteiger partial charge < -0.3 is 10.4 Å². The van der Waals surface area contributed by atoms with Gasteiger partial charge in [0.25, 0.3) is 0 Å². The summed E-state index contributed by atoms with van der Waals surface area (Å²) in [4.78, 5) is 17.9. The van der Waals surface area contributed by atoms with Crippen molar-refractivity contribution in [3.05, 3.63) is 47.6 Å². The quantitative estimate of drug-likeness (QED) is 0.683. The maximum atomic E-state index is 12.4. The Kier molecular flexibility index (Phi) is 5.50. The molecule has 25 heavy (non-hydrogen) atoms. The number of hydrogen-bond donors (Lipinski definition) is 2. The summed E-state index contributed by atoms with van der Waals surface area (Å²) in [6, 6.07) is 9.80. The third-order valence-electron chi connectivity index (χ3n) is 4.57. The van der Waals surface area contributed by atoms with Crippen LogP contribution in [0.5, 0.6) is 0 Å². The minimum Gasteiger partial charge on any atom is -0.394 e. The van der Waals surface area contributed by atoms with Gasteiger partial charge in [-0.1, -0.05) is 50.6 Å². The van der Waals surface area contributed by atoms with Crippen molar-refractivity contribution in [1.82, 2.24) is 14.7 Å². The zero-order valence-electron chi connectivity index (χ0n) is 14.5. The molecule has 2 aromatic heterocycles. The monoisotopic (exact) mass is 357 g/mol. The lowest BCUT2D eigenvalue weighted by Gasteiger charge is -2.22. The number of fused-ring (bicyclic) bond motifs is 1. The zero-order chi connectivity index (χ0) is 17.8. The summed E-state index contributed by atoms with van der Waals surface area (Å²) in [5, 5.41) is 14.4. The highest BCUT2D eigenvalue weighted by atomic mass is 32.1. The Labute approximate surface area is 151 Å². The molecule has 3 aromatic rings. The molecule has 5 nitrogen and oxygen atoms in total. The molecule has 0 spiro atoms. The number of aromatic nitrogens is 2. The lowest BCUT2D eigenvalue weighted by atomic mass is 10.00. The number of carbonyl (C=O) groups excluding carboxylic acids is 1. The van der Waals surface area contributed by atoms with Gasteiger partial charge in [-0.15, -0.1) is 11.3 Å². The number of amides is 1. The maximum absolute atomic E-state index is 12.4. The standard InChI is InChI=1S/C19H23N3O2S/c1-3-13(2)17(11-23)20-18(24)9-15-12-25-19-21-16(10-22(15)19)14-7-5-4-6-8-14/h4-8,10,12-13,17,23H,3,9,11H2,1-2H3,(H,20,24)/t13-,17+/m0/s1. The van der Waals surface area contributed by atoms with Crippen molar-refractivity contribution in [2.45, 2.75) is 32.7 Å². The first-order valence-corrected chi connectivity index (χ1v) is 9.41. The topological polar surface area (TPSA) is 66.6 Å². The molecule has 0 radical (unpaired) electrons. The van der Waals surface area contributed by atoms with Crippen molar-refractivity contribution in [2.24, 2.45) is 5.92 Å². The predicted octanol–water partition coefficient (Wildman–Crippen LogP) is 3.13. The Balaban J connectivity index is 1.75. The van der Waals surface area contributed by atoms with E-state index in [1.54, 1.807) is 0 Å². The molecule has 0 fully saturated rings. The fourth-order valence-electron chi connectivity index (χ4n) is 2.78. The molecule has 2 heterocycles. The highest BCUT2D eigenvalue weighted by Crippen LogP contribution is 2.23. The average Bonchev–Trinajstić information content (AvgIpc) is 3.22. The largest absolute Gasteiger partial charge is 0.394 e. The van der Waals surface area contributed by atoms with Gasteiger partial charge >= 0.3 is 0 Å². The Morgan fingerprint density at radius 2 is 2.12 bits per heavy atom. The van der Waals surface area contributed by atoms with Gasteiger partial charge in [0.05, 0.1) is 24.8 Å². The maximum Gasteiger partial charge on any atom is 0.226 e. The summed E-state index contributed by atoms with van der Waals surface area (Å²) in [6.07, 6.45) is 3.16. The number of aliphatic hydroxyl groups is 1. The third-order valence-corrected chi connectivity index (χ3v) is 5.46. The van der Waals surface area contributed by atoms with Crippen LogP contribution in [0.4, 0.5) is 0 Å². The molecule has 1 aromatic carbocycles. The second kappa shape index (κ2) is 7.80. The number of rotatable bonds is 7. The molecule has 0 aliphatic rings. The molecule has 3 rings (SSSR count). The fourth-order valence-corrected chi connectivity index (χ4v) is 3.65. The van der Waals surface area contributed by atoms with Gasteiger partial charge in [0.15, 0.2) is 4.96 Å². The molecule has 0 aliphatic carbocycles. The van der Waals surface area contributed by atoms with Gasteiger partial charge in [-0.25, -0.2) is 4.98 Å². The van der Waals surface area contributed by atoms with Crippen LogP contribution in [0.3, 0.4) is 0 Å². The molecular weight excluding hydrogens is 334 g/mol. The summed E-state index contributed by atoms with van der Waals surface area (Å²) < 4.78 is 1.98. The van der Waals surface area contributed by atoms with Crippen LogP contribution < -0.4 is 5.32 Å². The van der Waals surface area contributed by atoms with Crippen LogP contribution in [-0.4, -0.2) is 33.0 Å². The SMILES string of the molecule is CC[C@H](C)[C@@H](CO)NC(=O)Cc1csc2nc(-c3ccccc3)cn12. The van der Waals surface area contributed by atoms with E-state index in [1.165, 1.54) is 11.3 Å². The van der Waals surface area contributed by atoms with E-state index < -0.39 is 0 Å². The fraction of sp³-hybridized carbons (Fsp3) is 0.368. The molecule has 2 N–H and O–H groups in total. The Hall–Kier alpha value is -2.18. The number of carbonyl (C=O) groups is 1. The predicted molar refractivity (Wildman–Crippen MR) is 101 cm³/mol. The Morgan fingerprint density at radius 3 is 2.80 bits per heavy atom. The van der Waals surface area contributed by atoms with Gasteiger partial charge in [-0.2, -0.15) is 0 Å². The Morgan fingerprint density at radius 1 is 1.36 bits per heavy atom. The first kappa shape index (κ1) is 17.6. The molecule has 0 saturated heterocycles. The summed E-state index contributed by atoms with van der Waals surface area (Å²) >= 11 is 1.53. The Bertz CT molecular complexity index is 841. The normalized spacial score (nSPS) is 13.7.